The molecule has 2 saturated heterocycles. The molecular weight excluding hydrogens is 430 g/mol. The molecule has 2 aliphatic rings. The van der Waals surface area contributed by atoms with Crippen molar-refractivity contribution in [1.82, 2.24) is 15.1 Å². The van der Waals surface area contributed by atoms with Crippen LogP contribution < -0.4 is 5.32 Å². The molecule has 166 valence electrons. The second kappa shape index (κ2) is 9.44. The van der Waals surface area contributed by atoms with E-state index in [-0.39, 0.29) is 42.5 Å². The molecule has 1 N–H and O–H groups in total. The van der Waals surface area contributed by atoms with E-state index in [2.05, 4.69) is 5.32 Å². The van der Waals surface area contributed by atoms with Crippen LogP contribution in [0.5, 0.6) is 0 Å². The van der Waals surface area contributed by atoms with Gasteiger partial charge in [0.2, 0.25) is 11.8 Å². The standard InChI is InChI=1S/C23H23N3O5S/c1-15-4-6-16(7-5-15)11-19-22(29)26(23(30)32-19)9-8-24-21(28)17-12-20(27)25(13-17)14-18-3-2-10-31-18/h2-7,10-11,17H,8-9,12-14H2,1H3,(H,24,28)/b19-11-. The summed E-state index contributed by atoms with van der Waals surface area (Å²) in [5.74, 6) is -0.530. The average Bonchev–Trinajstić information content (AvgIpc) is 3.47. The van der Waals surface area contributed by atoms with Crippen LogP contribution in [0.1, 0.15) is 23.3 Å². The van der Waals surface area contributed by atoms with Gasteiger partial charge >= 0.3 is 0 Å². The first kappa shape index (κ1) is 21.9. The number of hydrogen-bond donors (Lipinski definition) is 1. The van der Waals surface area contributed by atoms with Gasteiger partial charge in [-0.3, -0.25) is 24.1 Å². The van der Waals surface area contributed by atoms with Crippen molar-refractivity contribution in [2.45, 2.75) is 19.9 Å². The highest BCUT2D eigenvalue weighted by Crippen LogP contribution is 2.32. The minimum atomic E-state index is -0.464. The van der Waals surface area contributed by atoms with Crippen LogP contribution in [0.2, 0.25) is 0 Å². The number of rotatable bonds is 7. The van der Waals surface area contributed by atoms with Crippen molar-refractivity contribution in [3.05, 3.63) is 64.5 Å². The molecule has 3 heterocycles. The Balaban J connectivity index is 1.27. The van der Waals surface area contributed by atoms with E-state index in [1.807, 2.05) is 31.2 Å². The van der Waals surface area contributed by atoms with Gasteiger partial charge < -0.3 is 14.6 Å². The van der Waals surface area contributed by atoms with Gasteiger partial charge in [0, 0.05) is 26.1 Å². The molecule has 32 heavy (non-hydrogen) atoms. The van der Waals surface area contributed by atoms with Crippen molar-refractivity contribution in [3.63, 3.8) is 0 Å². The van der Waals surface area contributed by atoms with Crippen LogP contribution >= 0.6 is 11.8 Å². The zero-order valence-electron chi connectivity index (χ0n) is 17.6. The van der Waals surface area contributed by atoms with Gasteiger partial charge in [0.1, 0.15) is 5.76 Å². The van der Waals surface area contributed by atoms with Crippen LogP contribution in [-0.2, 0) is 20.9 Å². The minimum absolute atomic E-state index is 0.0818. The molecule has 1 atom stereocenters. The molecule has 1 aromatic heterocycles. The first-order valence-electron chi connectivity index (χ1n) is 10.3. The zero-order chi connectivity index (χ0) is 22.7. The molecule has 2 fully saturated rings. The molecule has 0 spiro atoms. The molecule has 4 amide bonds. The monoisotopic (exact) mass is 453 g/mol. The van der Waals surface area contributed by atoms with E-state index in [9.17, 15) is 19.2 Å². The summed E-state index contributed by atoms with van der Waals surface area (Å²) >= 11 is 0.893. The highest BCUT2D eigenvalue weighted by Gasteiger charge is 2.36. The third kappa shape index (κ3) is 4.94. The van der Waals surface area contributed by atoms with Crippen LogP contribution in [-0.4, -0.2) is 52.4 Å². The minimum Gasteiger partial charge on any atom is -0.467 e. The Morgan fingerprint density at radius 3 is 2.72 bits per heavy atom. The second-order valence-corrected chi connectivity index (χ2v) is 8.78. The molecule has 1 aromatic carbocycles. The lowest BCUT2D eigenvalue weighted by Crippen LogP contribution is -2.40. The Kier molecular flexibility index (Phi) is 6.45. The van der Waals surface area contributed by atoms with Gasteiger partial charge in [-0.05, 0) is 42.5 Å². The van der Waals surface area contributed by atoms with Gasteiger partial charge in [-0.2, -0.15) is 0 Å². The van der Waals surface area contributed by atoms with Gasteiger partial charge in [0.25, 0.3) is 11.1 Å². The fourth-order valence-corrected chi connectivity index (χ4v) is 4.50. The van der Waals surface area contributed by atoms with Crippen molar-refractivity contribution in [2.75, 3.05) is 19.6 Å². The molecule has 0 bridgehead atoms. The van der Waals surface area contributed by atoms with Gasteiger partial charge in [-0.1, -0.05) is 29.8 Å². The Labute approximate surface area is 189 Å². The number of carbonyl (C=O) groups is 4. The summed E-state index contributed by atoms with van der Waals surface area (Å²) in [4.78, 5) is 52.6. The number of hydrogen-bond acceptors (Lipinski definition) is 6. The molecular formula is C23H23N3O5S. The number of thioether (sulfide) groups is 1. The summed E-state index contributed by atoms with van der Waals surface area (Å²) in [5, 5.41) is 2.39. The van der Waals surface area contributed by atoms with Crippen molar-refractivity contribution in [1.29, 1.82) is 0 Å². The van der Waals surface area contributed by atoms with Gasteiger partial charge in [0.15, 0.2) is 0 Å². The fourth-order valence-electron chi connectivity index (χ4n) is 3.63. The third-order valence-electron chi connectivity index (χ3n) is 5.40. The quantitative estimate of drug-likeness (QED) is 0.647. The maximum atomic E-state index is 12.6. The number of amides is 4. The fraction of sp³-hybridized carbons (Fsp3) is 0.304. The van der Waals surface area contributed by atoms with E-state index in [1.54, 1.807) is 29.4 Å². The summed E-state index contributed by atoms with van der Waals surface area (Å²) in [7, 11) is 0. The van der Waals surface area contributed by atoms with Crippen LogP contribution in [0.15, 0.2) is 52.0 Å². The third-order valence-corrected chi connectivity index (χ3v) is 6.30. The second-order valence-electron chi connectivity index (χ2n) is 7.79. The highest BCUT2D eigenvalue weighted by atomic mass is 32.2. The molecule has 2 aliphatic heterocycles. The van der Waals surface area contributed by atoms with Gasteiger partial charge in [-0.15, -0.1) is 0 Å². The maximum absolute atomic E-state index is 12.6. The van der Waals surface area contributed by atoms with E-state index in [0.29, 0.717) is 23.8 Å². The summed E-state index contributed by atoms with van der Waals surface area (Å²) in [6.45, 7) is 2.84. The number of likely N-dealkylation sites (tertiary alicyclic amines) is 1. The summed E-state index contributed by atoms with van der Waals surface area (Å²) in [6, 6.07) is 11.2. The molecule has 0 radical (unpaired) electrons. The lowest BCUT2D eigenvalue weighted by molar-refractivity contribution is -0.129. The van der Waals surface area contributed by atoms with E-state index in [1.165, 1.54) is 0 Å². The Morgan fingerprint density at radius 2 is 2.00 bits per heavy atom. The van der Waals surface area contributed by atoms with Crippen molar-refractivity contribution >= 4 is 40.8 Å². The SMILES string of the molecule is Cc1ccc(/C=C2\SC(=O)N(CCNC(=O)C3CC(=O)N(Cc4ccco4)C3)C2=O)cc1. The Morgan fingerprint density at radius 1 is 1.22 bits per heavy atom. The van der Waals surface area contributed by atoms with Crippen LogP contribution in [0.4, 0.5) is 4.79 Å². The maximum Gasteiger partial charge on any atom is 0.293 e. The molecule has 4 rings (SSSR count). The lowest BCUT2D eigenvalue weighted by Gasteiger charge is -2.16. The average molecular weight is 454 g/mol. The molecule has 0 aliphatic carbocycles. The highest BCUT2D eigenvalue weighted by molar-refractivity contribution is 8.18. The predicted molar refractivity (Wildman–Crippen MR) is 119 cm³/mol. The number of carbonyl (C=O) groups excluding carboxylic acids is 4. The lowest BCUT2D eigenvalue weighted by atomic mass is 10.1. The van der Waals surface area contributed by atoms with Gasteiger partial charge in [-0.25, -0.2) is 0 Å². The largest absolute Gasteiger partial charge is 0.467 e. The van der Waals surface area contributed by atoms with Crippen LogP contribution in [0.25, 0.3) is 6.08 Å². The number of furan rings is 1. The van der Waals surface area contributed by atoms with Crippen molar-refractivity contribution in [3.8, 4) is 0 Å². The first-order chi connectivity index (χ1) is 15.4. The number of imide groups is 1. The molecule has 9 heteroatoms. The molecule has 8 nitrogen and oxygen atoms in total. The summed E-state index contributed by atoms with van der Waals surface area (Å²) in [5.41, 5.74) is 1.96. The van der Waals surface area contributed by atoms with Crippen LogP contribution in [0.3, 0.4) is 0 Å². The van der Waals surface area contributed by atoms with Crippen molar-refractivity contribution in [2.24, 2.45) is 5.92 Å². The number of benzene rings is 1. The first-order valence-corrected chi connectivity index (χ1v) is 11.1. The zero-order valence-corrected chi connectivity index (χ0v) is 18.4. The molecule has 2 aromatic rings. The molecule has 1 unspecified atom stereocenters. The molecule has 0 saturated carbocycles. The predicted octanol–water partition coefficient (Wildman–Crippen LogP) is 2.79. The Hall–Kier alpha value is -3.33. The van der Waals surface area contributed by atoms with E-state index < -0.39 is 5.92 Å². The smallest absolute Gasteiger partial charge is 0.293 e. The summed E-state index contributed by atoms with van der Waals surface area (Å²) in [6.07, 6.45) is 3.37. The normalized spacial score (nSPS) is 20.0. The topological polar surface area (TPSA) is 99.9 Å². The van der Waals surface area contributed by atoms with Crippen LogP contribution in [0, 0.1) is 12.8 Å². The van der Waals surface area contributed by atoms with Crippen molar-refractivity contribution < 1.29 is 23.6 Å². The number of nitrogens with one attached hydrogen (secondary N) is 1. The summed E-state index contributed by atoms with van der Waals surface area (Å²) < 4.78 is 5.26. The number of nitrogens with zero attached hydrogens (tertiary/aromatic N) is 2. The van der Waals surface area contributed by atoms with E-state index in [4.69, 9.17) is 4.42 Å². The van der Waals surface area contributed by atoms with E-state index in [0.717, 1.165) is 27.8 Å². The number of aryl methyl sites for hydroxylation is 1. The van der Waals surface area contributed by atoms with Gasteiger partial charge in [0.05, 0.1) is 23.6 Å². The van der Waals surface area contributed by atoms with E-state index >= 15 is 0 Å². The Bertz CT molecular complexity index is 1060.